The zero-order valence-corrected chi connectivity index (χ0v) is 19.2. The van der Waals surface area contributed by atoms with Crippen LogP contribution in [-0.2, 0) is 17.1 Å². The van der Waals surface area contributed by atoms with E-state index in [9.17, 15) is 18.0 Å². The predicted octanol–water partition coefficient (Wildman–Crippen LogP) is 3.06. The van der Waals surface area contributed by atoms with E-state index in [1.165, 1.54) is 31.4 Å². The fourth-order valence-corrected chi connectivity index (χ4v) is 4.49. The zero-order chi connectivity index (χ0) is 24.3. The Morgan fingerprint density at radius 2 is 1.50 bits per heavy atom. The van der Waals surface area contributed by atoms with E-state index in [0.717, 1.165) is 10.9 Å². The van der Waals surface area contributed by atoms with Gasteiger partial charge in [-0.2, -0.15) is 0 Å². The van der Waals surface area contributed by atoms with Crippen LogP contribution in [0.5, 0.6) is 5.75 Å². The van der Waals surface area contributed by atoms with Gasteiger partial charge in [0.05, 0.1) is 17.6 Å². The Bertz CT molecular complexity index is 1460. The van der Waals surface area contributed by atoms with Crippen molar-refractivity contribution in [2.45, 2.75) is 4.90 Å². The number of hydrogen-bond donors (Lipinski definition) is 3. The molecular formula is C24H22N4O5S. The van der Waals surface area contributed by atoms with Crippen LogP contribution in [-0.4, -0.2) is 31.9 Å². The van der Waals surface area contributed by atoms with Gasteiger partial charge >= 0.3 is 0 Å². The molecule has 1 heterocycles. The first-order chi connectivity index (χ1) is 16.3. The van der Waals surface area contributed by atoms with Gasteiger partial charge in [-0.15, -0.1) is 0 Å². The van der Waals surface area contributed by atoms with E-state index in [1.54, 1.807) is 30.5 Å². The maximum Gasteiger partial charge on any atom is 0.271 e. The molecule has 0 aliphatic carbocycles. The second-order valence-corrected chi connectivity index (χ2v) is 9.12. The number of sulfonamides is 1. The van der Waals surface area contributed by atoms with Crippen molar-refractivity contribution in [3.05, 3.63) is 90.1 Å². The fourth-order valence-electron chi connectivity index (χ4n) is 3.43. The van der Waals surface area contributed by atoms with Gasteiger partial charge < -0.3 is 9.30 Å². The average molecular weight is 479 g/mol. The van der Waals surface area contributed by atoms with Gasteiger partial charge in [0.2, 0.25) is 0 Å². The third kappa shape index (κ3) is 4.71. The third-order valence-corrected chi connectivity index (χ3v) is 6.60. The molecule has 0 saturated heterocycles. The van der Waals surface area contributed by atoms with E-state index >= 15 is 0 Å². The van der Waals surface area contributed by atoms with Crippen molar-refractivity contribution in [3.63, 3.8) is 0 Å². The lowest BCUT2D eigenvalue weighted by Gasteiger charge is -2.10. The molecule has 3 aromatic carbocycles. The predicted molar refractivity (Wildman–Crippen MR) is 128 cm³/mol. The molecule has 1 aromatic heterocycles. The molecule has 0 fully saturated rings. The zero-order valence-electron chi connectivity index (χ0n) is 18.4. The molecule has 4 aromatic rings. The summed E-state index contributed by atoms with van der Waals surface area (Å²) in [7, 11) is -0.500. The molecule has 34 heavy (non-hydrogen) atoms. The number of carbonyl (C=O) groups is 2. The molecule has 0 radical (unpaired) electrons. The lowest BCUT2D eigenvalue weighted by atomic mass is 10.2. The number of nitrogens with zero attached hydrogens (tertiary/aromatic N) is 1. The van der Waals surface area contributed by atoms with E-state index in [0.29, 0.717) is 17.0 Å². The second-order valence-electron chi connectivity index (χ2n) is 7.44. The van der Waals surface area contributed by atoms with Crippen molar-refractivity contribution >= 4 is 38.4 Å². The van der Waals surface area contributed by atoms with Crippen LogP contribution in [0.2, 0.25) is 0 Å². The highest BCUT2D eigenvalue weighted by Gasteiger charge is 2.17. The highest BCUT2D eigenvalue weighted by molar-refractivity contribution is 7.92. The number of hydrazine groups is 1. The van der Waals surface area contributed by atoms with Gasteiger partial charge in [-0.3, -0.25) is 25.2 Å². The summed E-state index contributed by atoms with van der Waals surface area (Å²) in [5.41, 5.74) is 6.62. The Balaban J connectivity index is 1.41. The standard InChI is InChI=1S/C24H22N4O5S/c1-28-15-21(20-5-3-4-6-22(20)28)24(30)26-25-23(29)16-7-13-19(14-8-16)34(31,32)27-17-9-11-18(33-2)12-10-17/h3-15,27H,1-2H3,(H,25,29)(H,26,30). The number of ether oxygens (including phenoxy) is 1. The minimum Gasteiger partial charge on any atom is -0.497 e. The average Bonchev–Trinajstić information content (AvgIpc) is 3.19. The largest absolute Gasteiger partial charge is 0.497 e. The monoisotopic (exact) mass is 478 g/mol. The Kier molecular flexibility index (Phi) is 6.24. The molecule has 10 heteroatoms. The summed E-state index contributed by atoms with van der Waals surface area (Å²) in [6.07, 6.45) is 1.68. The molecule has 0 unspecified atom stereocenters. The first kappa shape index (κ1) is 22.9. The quantitative estimate of drug-likeness (QED) is 0.368. The van der Waals surface area contributed by atoms with E-state index in [1.807, 2.05) is 35.9 Å². The van der Waals surface area contributed by atoms with Crippen LogP contribution in [0.1, 0.15) is 20.7 Å². The number of nitrogens with one attached hydrogen (secondary N) is 3. The van der Waals surface area contributed by atoms with E-state index in [4.69, 9.17) is 4.74 Å². The second kappa shape index (κ2) is 9.28. The van der Waals surface area contributed by atoms with Crippen molar-refractivity contribution in [3.8, 4) is 5.75 Å². The van der Waals surface area contributed by atoms with Gasteiger partial charge in [0.25, 0.3) is 21.8 Å². The number of para-hydroxylation sites is 1. The molecule has 0 aliphatic heterocycles. The number of methoxy groups -OCH3 is 1. The Morgan fingerprint density at radius 1 is 0.853 bits per heavy atom. The van der Waals surface area contributed by atoms with Gasteiger partial charge in [0, 0.05) is 35.4 Å². The molecule has 4 rings (SSSR count). The summed E-state index contributed by atoms with van der Waals surface area (Å²) in [6.45, 7) is 0. The van der Waals surface area contributed by atoms with Gasteiger partial charge in [-0.1, -0.05) is 18.2 Å². The number of anilines is 1. The van der Waals surface area contributed by atoms with Crippen LogP contribution in [0.15, 0.2) is 83.9 Å². The van der Waals surface area contributed by atoms with Crippen LogP contribution < -0.4 is 20.3 Å². The third-order valence-electron chi connectivity index (χ3n) is 5.20. The number of aryl methyl sites for hydroxylation is 1. The maximum atomic E-state index is 12.6. The molecule has 2 amide bonds. The van der Waals surface area contributed by atoms with Crippen molar-refractivity contribution in [1.29, 1.82) is 0 Å². The molecule has 0 bridgehead atoms. The number of rotatable bonds is 6. The highest BCUT2D eigenvalue weighted by Crippen LogP contribution is 2.21. The lowest BCUT2D eigenvalue weighted by Crippen LogP contribution is -2.41. The summed E-state index contributed by atoms with van der Waals surface area (Å²) in [6, 6.07) is 19.2. The van der Waals surface area contributed by atoms with Crippen molar-refractivity contribution < 1.29 is 22.7 Å². The number of hydrogen-bond acceptors (Lipinski definition) is 5. The van der Waals surface area contributed by atoms with Crippen molar-refractivity contribution in [1.82, 2.24) is 15.4 Å². The first-order valence-corrected chi connectivity index (χ1v) is 11.7. The van der Waals surface area contributed by atoms with E-state index < -0.39 is 21.8 Å². The van der Waals surface area contributed by atoms with Crippen molar-refractivity contribution in [2.24, 2.45) is 7.05 Å². The van der Waals surface area contributed by atoms with E-state index in [2.05, 4.69) is 15.6 Å². The molecule has 0 aliphatic rings. The Morgan fingerprint density at radius 3 is 2.18 bits per heavy atom. The summed E-state index contributed by atoms with van der Waals surface area (Å²) in [5.74, 6) is -0.445. The smallest absolute Gasteiger partial charge is 0.271 e. The summed E-state index contributed by atoms with van der Waals surface area (Å²) in [4.78, 5) is 25.0. The van der Waals surface area contributed by atoms with Crippen molar-refractivity contribution in [2.75, 3.05) is 11.8 Å². The van der Waals surface area contributed by atoms with Crippen LogP contribution in [0.4, 0.5) is 5.69 Å². The molecule has 174 valence electrons. The molecular weight excluding hydrogens is 456 g/mol. The lowest BCUT2D eigenvalue weighted by molar-refractivity contribution is 0.0847. The Hall–Kier alpha value is -4.31. The van der Waals surface area contributed by atoms with Gasteiger partial charge in [-0.05, 0) is 54.6 Å². The normalized spacial score (nSPS) is 11.1. The van der Waals surface area contributed by atoms with Gasteiger partial charge in [-0.25, -0.2) is 8.42 Å². The highest BCUT2D eigenvalue weighted by atomic mass is 32.2. The summed E-state index contributed by atoms with van der Waals surface area (Å²) >= 11 is 0. The molecule has 3 N–H and O–H groups in total. The maximum absolute atomic E-state index is 12.6. The molecule has 0 spiro atoms. The summed E-state index contributed by atoms with van der Waals surface area (Å²) < 4.78 is 34.6. The van der Waals surface area contributed by atoms with Gasteiger partial charge in [0.15, 0.2) is 0 Å². The number of carbonyl (C=O) groups excluding carboxylic acids is 2. The van der Waals surface area contributed by atoms with Crippen LogP contribution >= 0.6 is 0 Å². The first-order valence-electron chi connectivity index (χ1n) is 10.2. The molecule has 0 atom stereocenters. The SMILES string of the molecule is COc1ccc(NS(=O)(=O)c2ccc(C(=O)NNC(=O)c3cn(C)c4ccccc34)cc2)cc1. The number of amides is 2. The minimum absolute atomic E-state index is 0.0142. The number of fused-ring (bicyclic) bond motifs is 1. The number of benzene rings is 3. The van der Waals surface area contributed by atoms with Crippen LogP contribution in [0.25, 0.3) is 10.9 Å². The molecule has 0 saturated carbocycles. The van der Waals surface area contributed by atoms with Crippen LogP contribution in [0, 0.1) is 0 Å². The topological polar surface area (TPSA) is 119 Å². The van der Waals surface area contributed by atoms with Crippen LogP contribution in [0.3, 0.4) is 0 Å². The van der Waals surface area contributed by atoms with E-state index in [-0.39, 0.29) is 10.5 Å². The fraction of sp³-hybridized carbons (Fsp3) is 0.0833. The Labute approximate surface area is 196 Å². The number of aromatic nitrogens is 1. The minimum atomic E-state index is -3.85. The van der Waals surface area contributed by atoms with Gasteiger partial charge in [0.1, 0.15) is 5.75 Å². The summed E-state index contributed by atoms with van der Waals surface area (Å²) in [5, 5.41) is 0.760. The molecule has 9 nitrogen and oxygen atoms in total.